The molecule has 0 saturated heterocycles. The first-order chi connectivity index (χ1) is 9.32. The zero-order chi connectivity index (χ0) is 15.2. The van der Waals surface area contributed by atoms with Gasteiger partial charge >= 0.3 is 12.1 Å². The Bertz CT molecular complexity index is 525. The normalized spacial score (nSPS) is 11.4. The van der Waals surface area contributed by atoms with Crippen LogP contribution in [0.5, 0.6) is 0 Å². The number of anilines is 2. The van der Waals surface area contributed by atoms with Crippen LogP contribution in [0.4, 0.5) is 24.5 Å². The van der Waals surface area contributed by atoms with Crippen molar-refractivity contribution in [2.45, 2.75) is 19.5 Å². The molecule has 0 heterocycles. The summed E-state index contributed by atoms with van der Waals surface area (Å²) in [5, 5.41) is 4.18. The standard InChI is InChI=1S/C13H13F3N2O2/c1-2-3-7-11(19)17-9-5-4-6-10(8-9)18-12(20)13(14,15)16/h3-8H,2H2,1H3,(H,17,19)(H,18,20)/b7-3+. The van der Waals surface area contributed by atoms with Gasteiger partial charge in [0.15, 0.2) is 0 Å². The summed E-state index contributed by atoms with van der Waals surface area (Å²) in [6, 6.07) is 5.45. The summed E-state index contributed by atoms with van der Waals surface area (Å²) in [5.41, 5.74) is 0.236. The van der Waals surface area contributed by atoms with Gasteiger partial charge in [-0.05, 0) is 30.7 Å². The highest BCUT2D eigenvalue weighted by Gasteiger charge is 2.38. The van der Waals surface area contributed by atoms with Crippen molar-refractivity contribution in [3.8, 4) is 0 Å². The quantitative estimate of drug-likeness (QED) is 0.836. The number of rotatable bonds is 4. The zero-order valence-electron chi connectivity index (χ0n) is 10.6. The van der Waals surface area contributed by atoms with Crippen LogP contribution in [0, 0.1) is 0 Å². The Morgan fingerprint density at radius 1 is 1.20 bits per heavy atom. The largest absolute Gasteiger partial charge is 0.471 e. The third-order valence-corrected chi connectivity index (χ3v) is 2.15. The zero-order valence-corrected chi connectivity index (χ0v) is 10.6. The van der Waals surface area contributed by atoms with Crippen LogP contribution in [-0.4, -0.2) is 18.0 Å². The summed E-state index contributed by atoms with van der Waals surface area (Å²) in [5.74, 6) is -2.46. The molecule has 0 radical (unpaired) electrons. The molecule has 0 saturated carbocycles. The van der Waals surface area contributed by atoms with Crippen LogP contribution in [0.3, 0.4) is 0 Å². The predicted molar refractivity (Wildman–Crippen MR) is 69.2 cm³/mol. The average molecular weight is 286 g/mol. The minimum atomic E-state index is -4.96. The van der Waals surface area contributed by atoms with Crippen LogP contribution in [0.2, 0.25) is 0 Å². The number of amides is 2. The van der Waals surface area contributed by atoms with Gasteiger partial charge in [0, 0.05) is 11.4 Å². The van der Waals surface area contributed by atoms with E-state index in [4.69, 9.17) is 0 Å². The highest BCUT2D eigenvalue weighted by Crippen LogP contribution is 2.20. The molecule has 0 aromatic heterocycles. The molecule has 7 heteroatoms. The maximum absolute atomic E-state index is 12.1. The molecule has 1 rings (SSSR count). The molecular formula is C13H13F3N2O2. The van der Waals surface area contributed by atoms with E-state index in [9.17, 15) is 22.8 Å². The van der Waals surface area contributed by atoms with Gasteiger partial charge in [0.05, 0.1) is 0 Å². The maximum Gasteiger partial charge on any atom is 0.471 e. The fourth-order valence-corrected chi connectivity index (χ4v) is 1.29. The van der Waals surface area contributed by atoms with Crippen LogP contribution in [0.1, 0.15) is 13.3 Å². The monoisotopic (exact) mass is 286 g/mol. The molecule has 2 amide bonds. The summed E-state index contributed by atoms with van der Waals surface area (Å²) < 4.78 is 36.3. The lowest BCUT2D eigenvalue weighted by Gasteiger charge is -2.09. The molecule has 0 unspecified atom stereocenters. The summed E-state index contributed by atoms with van der Waals surface area (Å²) in [6.45, 7) is 1.86. The highest BCUT2D eigenvalue weighted by atomic mass is 19.4. The molecule has 1 aromatic carbocycles. The second kappa shape index (κ2) is 6.74. The third-order valence-electron chi connectivity index (χ3n) is 2.15. The summed E-state index contributed by atoms with van der Waals surface area (Å²) in [6.07, 6.45) is -1.30. The smallest absolute Gasteiger partial charge is 0.322 e. The molecule has 0 spiro atoms. The van der Waals surface area contributed by atoms with Gasteiger partial charge in [-0.3, -0.25) is 9.59 Å². The SMILES string of the molecule is CC/C=C/C(=O)Nc1cccc(NC(=O)C(F)(F)F)c1. The second-order valence-electron chi connectivity index (χ2n) is 3.83. The van der Waals surface area contributed by atoms with Gasteiger partial charge in [-0.25, -0.2) is 0 Å². The lowest BCUT2D eigenvalue weighted by Crippen LogP contribution is -2.29. The molecule has 0 aliphatic rings. The van der Waals surface area contributed by atoms with E-state index in [2.05, 4.69) is 5.32 Å². The van der Waals surface area contributed by atoms with Crippen molar-refractivity contribution in [3.63, 3.8) is 0 Å². The lowest BCUT2D eigenvalue weighted by molar-refractivity contribution is -0.167. The summed E-state index contributed by atoms with van der Waals surface area (Å²) in [7, 11) is 0. The van der Waals surface area contributed by atoms with Gasteiger partial charge in [0.25, 0.3) is 0 Å². The fourth-order valence-electron chi connectivity index (χ4n) is 1.29. The minimum absolute atomic E-state index is 0.0513. The number of allylic oxidation sites excluding steroid dienone is 1. The van der Waals surface area contributed by atoms with Crippen molar-refractivity contribution in [2.24, 2.45) is 0 Å². The van der Waals surface area contributed by atoms with Crippen molar-refractivity contribution in [2.75, 3.05) is 10.6 Å². The number of carbonyl (C=O) groups excluding carboxylic acids is 2. The molecule has 0 bridgehead atoms. The van der Waals surface area contributed by atoms with E-state index in [1.165, 1.54) is 30.3 Å². The fraction of sp³-hybridized carbons (Fsp3) is 0.231. The van der Waals surface area contributed by atoms with E-state index in [1.54, 1.807) is 11.4 Å². The highest BCUT2D eigenvalue weighted by molar-refractivity contribution is 6.00. The van der Waals surface area contributed by atoms with Gasteiger partial charge in [-0.1, -0.05) is 19.1 Å². The van der Waals surface area contributed by atoms with Gasteiger partial charge in [-0.2, -0.15) is 13.2 Å². The Morgan fingerprint density at radius 2 is 1.80 bits per heavy atom. The Balaban J connectivity index is 2.74. The molecular weight excluding hydrogens is 273 g/mol. The molecule has 1 aromatic rings. The van der Waals surface area contributed by atoms with E-state index in [0.29, 0.717) is 6.42 Å². The van der Waals surface area contributed by atoms with Crippen molar-refractivity contribution in [1.29, 1.82) is 0 Å². The van der Waals surface area contributed by atoms with Crippen molar-refractivity contribution in [1.82, 2.24) is 0 Å². The molecule has 0 fully saturated rings. The minimum Gasteiger partial charge on any atom is -0.322 e. The average Bonchev–Trinajstić information content (AvgIpc) is 2.35. The van der Waals surface area contributed by atoms with Crippen molar-refractivity contribution < 1.29 is 22.8 Å². The van der Waals surface area contributed by atoms with Crippen molar-refractivity contribution in [3.05, 3.63) is 36.4 Å². The van der Waals surface area contributed by atoms with Crippen molar-refractivity contribution >= 4 is 23.2 Å². The molecule has 20 heavy (non-hydrogen) atoms. The van der Waals surface area contributed by atoms with E-state index >= 15 is 0 Å². The van der Waals surface area contributed by atoms with Gasteiger partial charge < -0.3 is 10.6 Å². The number of carbonyl (C=O) groups is 2. The van der Waals surface area contributed by atoms with Crippen LogP contribution < -0.4 is 10.6 Å². The number of halogens is 3. The van der Waals surface area contributed by atoms with E-state index in [-0.39, 0.29) is 11.4 Å². The van der Waals surface area contributed by atoms with Crippen LogP contribution in [-0.2, 0) is 9.59 Å². The lowest BCUT2D eigenvalue weighted by atomic mass is 10.2. The van der Waals surface area contributed by atoms with Crippen LogP contribution in [0.25, 0.3) is 0 Å². The first-order valence-corrected chi connectivity index (χ1v) is 5.78. The van der Waals surface area contributed by atoms with E-state index in [1.807, 2.05) is 6.92 Å². The molecule has 2 N–H and O–H groups in total. The number of benzene rings is 1. The third kappa shape index (κ3) is 5.13. The Kier molecular flexibility index (Phi) is 5.31. The first-order valence-electron chi connectivity index (χ1n) is 5.78. The van der Waals surface area contributed by atoms with E-state index < -0.39 is 18.0 Å². The van der Waals surface area contributed by atoms with Gasteiger partial charge in [0.2, 0.25) is 5.91 Å². The Hall–Kier alpha value is -2.31. The predicted octanol–water partition coefficient (Wildman–Crippen LogP) is 3.09. The molecule has 4 nitrogen and oxygen atoms in total. The summed E-state index contributed by atoms with van der Waals surface area (Å²) in [4.78, 5) is 22.2. The Labute approximate surface area is 113 Å². The van der Waals surface area contributed by atoms with E-state index in [0.717, 1.165) is 0 Å². The van der Waals surface area contributed by atoms with Gasteiger partial charge in [-0.15, -0.1) is 0 Å². The second-order valence-corrected chi connectivity index (χ2v) is 3.83. The van der Waals surface area contributed by atoms with Crippen LogP contribution >= 0.6 is 0 Å². The molecule has 108 valence electrons. The molecule has 0 aliphatic carbocycles. The van der Waals surface area contributed by atoms with Crippen LogP contribution in [0.15, 0.2) is 36.4 Å². The molecule has 0 aliphatic heterocycles. The number of nitrogens with one attached hydrogen (secondary N) is 2. The Morgan fingerprint density at radius 3 is 2.35 bits per heavy atom. The number of hydrogen-bond acceptors (Lipinski definition) is 2. The maximum atomic E-state index is 12.1. The number of alkyl halides is 3. The molecule has 0 atom stereocenters. The number of hydrogen-bond donors (Lipinski definition) is 2. The first kappa shape index (κ1) is 15.7. The topological polar surface area (TPSA) is 58.2 Å². The summed E-state index contributed by atoms with van der Waals surface area (Å²) >= 11 is 0. The van der Waals surface area contributed by atoms with Gasteiger partial charge in [0.1, 0.15) is 0 Å².